The number of nitrogens with zero attached hydrogens (tertiary/aromatic N) is 3. The molecule has 0 saturated carbocycles. The van der Waals surface area contributed by atoms with Gasteiger partial charge in [-0.3, -0.25) is 0 Å². The summed E-state index contributed by atoms with van der Waals surface area (Å²) in [6.45, 7) is 1.95. The van der Waals surface area contributed by atoms with Gasteiger partial charge in [-0.05, 0) is 31.2 Å². The predicted octanol–water partition coefficient (Wildman–Crippen LogP) is 2.93. The van der Waals surface area contributed by atoms with E-state index in [2.05, 4.69) is 10.3 Å². The average molecular weight is 343 g/mol. The summed E-state index contributed by atoms with van der Waals surface area (Å²) < 4.78 is 6.54. The van der Waals surface area contributed by atoms with Gasteiger partial charge in [0.2, 0.25) is 0 Å². The summed E-state index contributed by atoms with van der Waals surface area (Å²) >= 11 is 6.03. The van der Waals surface area contributed by atoms with Gasteiger partial charge in [0.05, 0.1) is 17.8 Å². The van der Waals surface area contributed by atoms with E-state index in [1.165, 1.54) is 4.68 Å². The Labute approximate surface area is 143 Å². The van der Waals surface area contributed by atoms with Gasteiger partial charge in [-0.15, -0.1) is 5.10 Å². The maximum atomic E-state index is 12.5. The Kier molecular flexibility index (Phi) is 4.48. The molecule has 0 atom stereocenters. The number of para-hydroxylation sites is 1. The summed E-state index contributed by atoms with van der Waals surface area (Å²) in [6.07, 6.45) is 0. The number of carbonyl (C=O) groups is 1. The minimum absolute atomic E-state index is 0.104. The molecule has 1 heterocycles. The predicted molar refractivity (Wildman–Crippen MR) is 92.9 cm³/mol. The van der Waals surface area contributed by atoms with Crippen molar-refractivity contribution in [1.82, 2.24) is 15.0 Å². The van der Waals surface area contributed by atoms with E-state index in [-0.39, 0.29) is 18.0 Å². The van der Waals surface area contributed by atoms with E-state index in [1.807, 2.05) is 12.1 Å². The molecule has 0 spiro atoms. The van der Waals surface area contributed by atoms with Crippen LogP contribution in [0, 0.1) is 0 Å². The lowest BCUT2D eigenvalue weighted by Crippen LogP contribution is -2.18. The molecule has 0 bridgehead atoms. The second-order valence-electron chi connectivity index (χ2n) is 4.98. The lowest BCUT2D eigenvalue weighted by Gasteiger charge is -2.12. The first-order valence-electron chi connectivity index (χ1n) is 7.35. The maximum absolute atomic E-state index is 12.5. The van der Waals surface area contributed by atoms with Crippen LogP contribution in [-0.2, 0) is 9.53 Å². The molecule has 1 aromatic heterocycles. The molecule has 0 aliphatic heterocycles. The highest BCUT2D eigenvalue weighted by Gasteiger charge is 2.22. The van der Waals surface area contributed by atoms with E-state index in [4.69, 9.17) is 22.1 Å². The Morgan fingerprint density at radius 1 is 1.25 bits per heavy atom. The zero-order valence-corrected chi connectivity index (χ0v) is 13.7. The Hall–Kier alpha value is -2.86. The van der Waals surface area contributed by atoms with Gasteiger partial charge in [0, 0.05) is 10.6 Å². The molecule has 24 heavy (non-hydrogen) atoms. The van der Waals surface area contributed by atoms with E-state index < -0.39 is 5.97 Å². The minimum Gasteiger partial charge on any atom is -0.461 e. The molecule has 0 aliphatic rings. The molecule has 2 aromatic carbocycles. The first-order valence-corrected chi connectivity index (χ1v) is 7.73. The van der Waals surface area contributed by atoms with E-state index in [1.54, 1.807) is 43.3 Å². The fourth-order valence-electron chi connectivity index (χ4n) is 2.34. The van der Waals surface area contributed by atoms with Gasteiger partial charge in [-0.1, -0.05) is 41.1 Å². The molecule has 3 aromatic rings. The van der Waals surface area contributed by atoms with Crippen LogP contribution in [0.25, 0.3) is 22.4 Å². The van der Waals surface area contributed by atoms with E-state index in [0.717, 1.165) is 0 Å². The molecule has 0 fully saturated rings. The number of benzene rings is 2. The standard InChI is InChI=1S/C17H15ClN4O2/c1-2-24-17(23)16(15(19)11-6-5-7-12(18)10-11)22-14-9-4-3-8-13(14)20-21-22/h3-10H,2,19H2,1H3/b16-15+. The van der Waals surface area contributed by atoms with E-state index in [0.29, 0.717) is 21.6 Å². The lowest BCUT2D eigenvalue weighted by molar-refractivity contribution is -0.136. The van der Waals surface area contributed by atoms with Crippen molar-refractivity contribution in [1.29, 1.82) is 0 Å². The summed E-state index contributed by atoms with van der Waals surface area (Å²) in [7, 11) is 0. The number of carbonyl (C=O) groups excluding carboxylic acids is 1. The molecule has 0 saturated heterocycles. The van der Waals surface area contributed by atoms with Gasteiger partial charge >= 0.3 is 5.97 Å². The van der Waals surface area contributed by atoms with E-state index >= 15 is 0 Å². The lowest BCUT2D eigenvalue weighted by atomic mass is 10.1. The molecule has 0 aliphatic carbocycles. The molecule has 6 nitrogen and oxygen atoms in total. The monoisotopic (exact) mass is 342 g/mol. The number of nitrogens with two attached hydrogens (primary N) is 1. The summed E-state index contributed by atoms with van der Waals surface area (Å²) in [4.78, 5) is 12.5. The van der Waals surface area contributed by atoms with Crippen LogP contribution < -0.4 is 5.73 Å². The normalized spacial score (nSPS) is 12.1. The van der Waals surface area contributed by atoms with Crippen LogP contribution in [0.3, 0.4) is 0 Å². The zero-order valence-electron chi connectivity index (χ0n) is 12.9. The summed E-state index contributed by atoms with van der Waals surface area (Å²) in [5.74, 6) is -0.578. The van der Waals surface area contributed by atoms with Gasteiger partial charge < -0.3 is 10.5 Å². The minimum atomic E-state index is -0.578. The molecule has 3 rings (SSSR count). The van der Waals surface area contributed by atoms with Gasteiger partial charge in [0.15, 0.2) is 5.70 Å². The highest BCUT2D eigenvalue weighted by molar-refractivity contribution is 6.31. The fourth-order valence-corrected chi connectivity index (χ4v) is 2.53. The van der Waals surface area contributed by atoms with Gasteiger partial charge in [-0.25, -0.2) is 9.48 Å². The fraction of sp³-hybridized carbons (Fsp3) is 0.118. The molecular formula is C17H15ClN4O2. The third-order valence-corrected chi connectivity index (χ3v) is 3.66. The maximum Gasteiger partial charge on any atom is 0.359 e. The molecule has 0 unspecified atom stereocenters. The van der Waals surface area contributed by atoms with Crippen LogP contribution in [0.4, 0.5) is 0 Å². The second kappa shape index (κ2) is 6.72. The van der Waals surface area contributed by atoms with E-state index in [9.17, 15) is 4.79 Å². The summed E-state index contributed by atoms with van der Waals surface area (Å²) in [5, 5.41) is 8.64. The number of rotatable bonds is 4. The first-order chi connectivity index (χ1) is 11.6. The number of halogens is 1. The quantitative estimate of drug-likeness (QED) is 0.582. The Morgan fingerprint density at radius 3 is 2.79 bits per heavy atom. The smallest absolute Gasteiger partial charge is 0.359 e. The molecular weight excluding hydrogens is 328 g/mol. The summed E-state index contributed by atoms with van der Waals surface area (Å²) in [5.41, 5.74) is 8.48. The van der Waals surface area contributed by atoms with Crippen molar-refractivity contribution in [2.24, 2.45) is 5.73 Å². The van der Waals surface area contributed by atoms with Gasteiger partial charge in [0.25, 0.3) is 0 Å². The molecule has 7 heteroatoms. The van der Waals surface area contributed by atoms with Crippen LogP contribution in [0.1, 0.15) is 12.5 Å². The molecule has 2 N–H and O–H groups in total. The number of hydrogen-bond acceptors (Lipinski definition) is 5. The number of hydrogen-bond donors (Lipinski definition) is 1. The number of fused-ring (bicyclic) bond motifs is 1. The third-order valence-electron chi connectivity index (χ3n) is 3.42. The highest BCUT2D eigenvalue weighted by atomic mass is 35.5. The van der Waals surface area contributed by atoms with Crippen molar-refractivity contribution in [3.63, 3.8) is 0 Å². The number of ether oxygens (including phenoxy) is 1. The van der Waals surface area contributed by atoms with Crippen LogP contribution in [0.2, 0.25) is 5.02 Å². The van der Waals surface area contributed by atoms with Crippen LogP contribution in [-0.4, -0.2) is 27.6 Å². The largest absolute Gasteiger partial charge is 0.461 e. The van der Waals surface area contributed by atoms with Crippen LogP contribution in [0.5, 0.6) is 0 Å². The van der Waals surface area contributed by atoms with Crippen molar-refractivity contribution in [2.75, 3.05) is 6.61 Å². The topological polar surface area (TPSA) is 83.0 Å². The Bertz CT molecular complexity index is 933. The number of aromatic nitrogens is 3. The van der Waals surface area contributed by atoms with Crippen LogP contribution >= 0.6 is 11.6 Å². The molecule has 0 amide bonds. The Morgan fingerprint density at radius 2 is 2.04 bits per heavy atom. The van der Waals surface area contributed by atoms with Gasteiger partial charge in [0.1, 0.15) is 5.52 Å². The highest BCUT2D eigenvalue weighted by Crippen LogP contribution is 2.24. The summed E-state index contributed by atoms with van der Waals surface area (Å²) in [6, 6.07) is 14.2. The average Bonchev–Trinajstić information content (AvgIpc) is 2.99. The first kappa shape index (κ1) is 16.0. The van der Waals surface area contributed by atoms with Crippen molar-refractivity contribution in [3.05, 3.63) is 59.1 Å². The van der Waals surface area contributed by atoms with Crippen molar-refractivity contribution >= 4 is 40.0 Å². The van der Waals surface area contributed by atoms with Crippen molar-refractivity contribution in [2.45, 2.75) is 6.92 Å². The molecule has 0 radical (unpaired) electrons. The van der Waals surface area contributed by atoms with Gasteiger partial charge in [-0.2, -0.15) is 0 Å². The van der Waals surface area contributed by atoms with Crippen molar-refractivity contribution in [3.8, 4) is 0 Å². The number of esters is 1. The Balaban J connectivity index is 2.24. The van der Waals surface area contributed by atoms with Crippen molar-refractivity contribution < 1.29 is 9.53 Å². The SMILES string of the molecule is CCOC(=O)/C(=C(\N)c1cccc(Cl)c1)n1nnc2ccccc21. The van der Waals surface area contributed by atoms with Crippen LogP contribution in [0.15, 0.2) is 48.5 Å². The third kappa shape index (κ3) is 2.96. The zero-order chi connectivity index (χ0) is 17.1. The molecule has 122 valence electrons. The second-order valence-corrected chi connectivity index (χ2v) is 5.42.